The zero-order valence-corrected chi connectivity index (χ0v) is 12.2. The van der Waals surface area contributed by atoms with Crippen LogP contribution in [0.3, 0.4) is 0 Å². The average molecular weight is 296 g/mol. The molecule has 4 nitrogen and oxygen atoms in total. The van der Waals surface area contributed by atoms with Crippen molar-refractivity contribution in [3.63, 3.8) is 0 Å². The van der Waals surface area contributed by atoms with E-state index >= 15 is 0 Å². The Labute approximate surface area is 123 Å². The molecule has 1 aromatic carbocycles. The number of likely N-dealkylation sites (tertiary alicyclic amines) is 1. The van der Waals surface area contributed by atoms with E-state index in [9.17, 15) is 9.90 Å². The summed E-state index contributed by atoms with van der Waals surface area (Å²) in [6.07, 6.45) is 2.47. The Morgan fingerprint density at radius 1 is 1.55 bits per heavy atom. The maximum absolute atomic E-state index is 11.5. The van der Waals surface area contributed by atoms with E-state index in [1.54, 1.807) is 6.92 Å². The molecule has 0 bridgehead atoms. The van der Waals surface area contributed by atoms with E-state index in [1.807, 2.05) is 17.0 Å². The molecule has 3 rings (SSSR count). The number of carboxylic acid groups (broad SMARTS) is 1. The predicted octanol–water partition coefficient (Wildman–Crippen LogP) is 2.71. The zero-order chi connectivity index (χ0) is 14.3. The van der Waals surface area contributed by atoms with Gasteiger partial charge < -0.3 is 9.84 Å². The van der Waals surface area contributed by atoms with Crippen molar-refractivity contribution in [1.29, 1.82) is 0 Å². The fourth-order valence-electron chi connectivity index (χ4n) is 3.18. The summed E-state index contributed by atoms with van der Waals surface area (Å²) in [7, 11) is 0. The molecule has 2 aliphatic rings. The van der Waals surface area contributed by atoms with Crippen LogP contribution in [-0.4, -0.2) is 34.7 Å². The molecular formula is C15H18ClNO3. The molecule has 1 unspecified atom stereocenters. The van der Waals surface area contributed by atoms with E-state index < -0.39 is 11.5 Å². The van der Waals surface area contributed by atoms with Crippen molar-refractivity contribution in [3.8, 4) is 5.75 Å². The zero-order valence-electron chi connectivity index (χ0n) is 11.5. The molecular weight excluding hydrogens is 278 g/mol. The minimum atomic E-state index is -0.784. The highest BCUT2D eigenvalue weighted by Crippen LogP contribution is 2.37. The van der Waals surface area contributed by atoms with Gasteiger partial charge in [-0.05, 0) is 44.0 Å². The number of carbonyl (C=O) groups is 1. The summed E-state index contributed by atoms with van der Waals surface area (Å²) in [6, 6.07) is 3.83. The van der Waals surface area contributed by atoms with E-state index in [4.69, 9.17) is 16.3 Å². The lowest BCUT2D eigenvalue weighted by Crippen LogP contribution is -2.47. The molecule has 1 N–H and O–H groups in total. The summed E-state index contributed by atoms with van der Waals surface area (Å²) in [5, 5.41) is 10.2. The fourth-order valence-corrected chi connectivity index (χ4v) is 3.45. The number of rotatable bonds is 3. The number of carboxylic acids is 1. The maximum Gasteiger partial charge on any atom is 0.323 e. The summed E-state index contributed by atoms with van der Waals surface area (Å²) in [4.78, 5) is 13.5. The van der Waals surface area contributed by atoms with Gasteiger partial charge in [0.15, 0.2) is 0 Å². The summed E-state index contributed by atoms with van der Waals surface area (Å²) in [5.41, 5.74) is 1.34. The topological polar surface area (TPSA) is 49.8 Å². The highest BCUT2D eigenvalue weighted by Gasteiger charge is 2.43. The Morgan fingerprint density at radius 3 is 3.10 bits per heavy atom. The minimum Gasteiger partial charge on any atom is -0.493 e. The van der Waals surface area contributed by atoms with E-state index in [2.05, 4.69) is 0 Å². The Balaban J connectivity index is 1.90. The van der Waals surface area contributed by atoms with Crippen LogP contribution in [-0.2, 0) is 17.8 Å². The number of benzene rings is 1. The molecule has 0 amide bonds. The molecule has 2 aliphatic heterocycles. The van der Waals surface area contributed by atoms with Crippen LogP contribution >= 0.6 is 11.6 Å². The SMILES string of the molecule is CC1(C(=O)O)CCCN1Cc1cc(Cl)cc2c1OCC2. The Morgan fingerprint density at radius 2 is 2.35 bits per heavy atom. The van der Waals surface area contributed by atoms with Gasteiger partial charge in [-0.15, -0.1) is 0 Å². The van der Waals surface area contributed by atoms with Crippen LogP contribution in [0.25, 0.3) is 0 Å². The van der Waals surface area contributed by atoms with Gasteiger partial charge in [0.1, 0.15) is 11.3 Å². The molecule has 1 fully saturated rings. The lowest BCUT2D eigenvalue weighted by Gasteiger charge is -2.31. The van der Waals surface area contributed by atoms with Crippen LogP contribution in [0.2, 0.25) is 5.02 Å². The van der Waals surface area contributed by atoms with Gasteiger partial charge in [-0.3, -0.25) is 9.69 Å². The van der Waals surface area contributed by atoms with Crippen molar-refractivity contribution < 1.29 is 14.6 Å². The van der Waals surface area contributed by atoms with Gasteiger partial charge in [0.05, 0.1) is 6.61 Å². The van der Waals surface area contributed by atoms with Crippen LogP contribution in [0, 0.1) is 0 Å². The molecule has 0 aliphatic carbocycles. The summed E-state index contributed by atoms with van der Waals surface area (Å²) >= 11 is 6.16. The number of fused-ring (bicyclic) bond motifs is 1. The van der Waals surface area contributed by atoms with E-state index in [0.29, 0.717) is 24.6 Å². The molecule has 0 radical (unpaired) electrons. The lowest BCUT2D eigenvalue weighted by molar-refractivity contribution is -0.148. The number of aliphatic carboxylic acids is 1. The van der Waals surface area contributed by atoms with Gasteiger partial charge in [-0.25, -0.2) is 0 Å². The molecule has 1 saturated heterocycles. The van der Waals surface area contributed by atoms with Gasteiger partial charge in [0.2, 0.25) is 0 Å². The quantitative estimate of drug-likeness (QED) is 0.931. The highest BCUT2D eigenvalue weighted by molar-refractivity contribution is 6.30. The van der Waals surface area contributed by atoms with Crippen molar-refractivity contribution in [1.82, 2.24) is 4.90 Å². The van der Waals surface area contributed by atoms with Gasteiger partial charge in [0, 0.05) is 23.6 Å². The second-order valence-corrected chi connectivity index (χ2v) is 6.19. The van der Waals surface area contributed by atoms with Crippen molar-refractivity contribution in [2.75, 3.05) is 13.2 Å². The fraction of sp³-hybridized carbons (Fsp3) is 0.533. The smallest absolute Gasteiger partial charge is 0.323 e. The van der Waals surface area contributed by atoms with Crippen molar-refractivity contribution in [3.05, 3.63) is 28.3 Å². The highest BCUT2D eigenvalue weighted by atomic mass is 35.5. The average Bonchev–Trinajstić information content (AvgIpc) is 2.97. The molecule has 5 heteroatoms. The lowest BCUT2D eigenvalue weighted by atomic mass is 9.98. The van der Waals surface area contributed by atoms with Crippen LogP contribution in [0.1, 0.15) is 30.9 Å². The first-order valence-electron chi connectivity index (χ1n) is 6.93. The normalized spacial score (nSPS) is 25.5. The molecule has 0 aromatic heterocycles. The largest absolute Gasteiger partial charge is 0.493 e. The van der Waals surface area contributed by atoms with E-state index in [0.717, 1.165) is 36.3 Å². The molecule has 2 heterocycles. The van der Waals surface area contributed by atoms with Gasteiger partial charge in [0.25, 0.3) is 0 Å². The van der Waals surface area contributed by atoms with Crippen LogP contribution < -0.4 is 4.74 Å². The first-order valence-corrected chi connectivity index (χ1v) is 7.31. The number of nitrogens with zero attached hydrogens (tertiary/aromatic N) is 1. The van der Waals surface area contributed by atoms with Gasteiger partial charge >= 0.3 is 5.97 Å². The van der Waals surface area contributed by atoms with Crippen LogP contribution in [0.5, 0.6) is 5.75 Å². The molecule has 1 atom stereocenters. The second-order valence-electron chi connectivity index (χ2n) is 5.76. The van der Waals surface area contributed by atoms with E-state index in [1.165, 1.54) is 0 Å². The third kappa shape index (κ3) is 2.17. The molecule has 1 aromatic rings. The number of hydrogen-bond donors (Lipinski definition) is 1. The van der Waals surface area contributed by atoms with E-state index in [-0.39, 0.29) is 0 Å². The van der Waals surface area contributed by atoms with Crippen molar-refractivity contribution >= 4 is 17.6 Å². The summed E-state index contributed by atoms with van der Waals surface area (Å²) in [5.74, 6) is 0.142. The third-order valence-electron chi connectivity index (χ3n) is 4.44. The maximum atomic E-state index is 11.5. The predicted molar refractivity (Wildman–Crippen MR) is 76.3 cm³/mol. The van der Waals surface area contributed by atoms with Gasteiger partial charge in [-0.2, -0.15) is 0 Å². The van der Waals surface area contributed by atoms with Crippen molar-refractivity contribution in [2.24, 2.45) is 0 Å². The molecule has 0 spiro atoms. The van der Waals surface area contributed by atoms with Gasteiger partial charge in [-0.1, -0.05) is 11.6 Å². The standard InChI is InChI=1S/C15H18ClNO3/c1-15(14(18)19)4-2-5-17(15)9-11-8-12(16)7-10-3-6-20-13(10)11/h7-8H,2-6,9H2,1H3,(H,18,19). The second kappa shape index (κ2) is 4.93. The molecule has 0 saturated carbocycles. The van der Waals surface area contributed by atoms with Crippen LogP contribution in [0.4, 0.5) is 0 Å². The monoisotopic (exact) mass is 295 g/mol. The Kier molecular flexibility index (Phi) is 3.38. The number of halogens is 1. The Bertz CT molecular complexity index is 560. The minimum absolute atomic E-state index is 0.575. The Hall–Kier alpha value is -1.26. The summed E-state index contributed by atoms with van der Waals surface area (Å²) in [6.45, 7) is 3.85. The van der Waals surface area contributed by atoms with Crippen LogP contribution in [0.15, 0.2) is 12.1 Å². The molecule has 108 valence electrons. The number of ether oxygens (including phenoxy) is 1. The number of hydrogen-bond acceptors (Lipinski definition) is 3. The third-order valence-corrected chi connectivity index (χ3v) is 4.66. The van der Waals surface area contributed by atoms with Crippen molar-refractivity contribution in [2.45, 2.75) is 38.3 Å². The summed E-state index contributed by atoms with van der Waals surface area (Å²) < 4.78 is 5.69. The first-order chi connectivity index (χ1) is 9.50. The molecule has 20 heavy (non-hydrogen) atoms. The first kappa shape index (κ1) is 13.7.